The first-order valence-corrected chi connectivity index (χ1v) is 11.7. The van der Waals surface area contributed by atoms with Crippen LogP contribution in [0.2, 0.25) is 0 Å². The van der Waals surface area contributed by atoms with Gasteiger partial charge in [0.15, 0.2) is 0 Å². The summed E-state index contributed by atoms with van der Waals surface area (Å²) in [5.74, 6) is 1.32. The van der Waals surface area contributed by atoms with Crippen LogP contribution in [0.1, 0.15) is 63.6 Å². The standard InChI is InChI=1S/C27H35N3O/c1-5-30(6-2)21-13-10-19(11-14-21)27-23-9-7-8-22(23)24-17-20(12-15-25(24)29-27)28-26(31)16-18(3)4/h7-8,10-15,17-18,22-23,27,29H,5-6,9,16H2,1-4H3,(H,28,31). The van der Waals surface area contributed by atoms with Crippen LogP contribution in [0.4, 0.5) is 17.1 Å². The van der Waals surface area contributed by atoms with Crippen LogP contribution in [-0.2, 0) is 4.79 Å². The third-order valence-corrected chi connectivity index (χ3v) is 6.62. The van der Waals surface area contributed by atoms with Crippen molar-refractivity contribution in [1.82, 2.24) is 0 Å². The van der Waals surface area contributed by atoms with Crippen molar-refractivity contribution in [3.63, 3.8) is 0 Å². The van der Waals surface area contributed by atoms with Crippen molar-refractivity contribution in [1.29, 1.82) is 0 Å². The summed E-state index contributed by atoms with van der Waals surface area (Å²) in [6.07, 6.45) is 6.28. The molecule has 4 heteroatoms. The van der Waals surface area contributed by atoms with Crippen LogP contribution in [0.5, 0.6) is 0 Å². The Morgan fingerprint density at radius 2 is 1.87 bits per heavy atom. The second kappa shape index (κ2) is 9.17. The summed E-state index contributed by atoms with van der Waals surface area (Å²) in [7, 11) is 0. The van der Waals surface area contributed by atoms with E-state index in [1.807, 2.05) is 6.07 Å². The molecule has 3 unspecified atom stereocenters. The van der Waals surface area contributed by atoms with Crippen LogP contribution in [0.3, 0.4) is 0 Å². The second-order valence-electron chi connectivity index (χ2n) is 9.19. The van der Waals surface area contributed by atoms with E-state index in [1.165, 1.54) is 22.5 Å². The molecule has 0 spiro atoms. The Morgan fingerprint density at radius 3 is 2.55 bits per heavy atom. The van der Waals surface area contributed by atoms with E-state index in [0.29, 0.717) is 30.2 Å². The molecule has 3 atom stereocenters. The molecule has 2 aliphatic rings. The van der Waals surface area contributed by atoms with Crippen molar-refractivity contribution < 1.29 is 4.79 Å². The van der Waals surface area contributed by atoms with E-state index in [1.54, 1.807) is 0 Å². The van der Waals surface area contributed by atoms with Gasteiger partial charge < -0.3 is 15.5 Å². The van der Waals surface area contributed by atoms with Crippen molar-refractivity contribution in [2.24, 2.45) is 11.8 Å². The Balaban J connectivity index is 1.57. The molecule has 2 N–H and O–H groups in total. The van der Waals surface area contributed by atoms with Crippen molar-refractivity contribution in [3.8, 4) is 0 Å². The largest absolute Gasteiger partial charge is 0.378 e. The summed E-state index contributed by atoms with van der Waals surface area (Å²) in [5, 5.41) is 6.89. The highest BCUT2D eigenvalue weighted by atomic mass is 16.1. The lowest BCUT2D eigenvalue weighted by atomic mass is 9.77. The van der Waals surface area contributed by atoms with E-state index in [0.717, 1.165) is 25.2 Å². The fourth-order valence-corrected chi connectivity index (χ4v) is 5.07. The zero-order chi connectivity index (χ0) is 22.0. The summed E-state index contributed by atoms with van der Waals surface area (Å²) >= 11 is 0. The molecule has 1 amide bonds. The van der Waals surface area contributed by atoms with E-state index < -0.39 is 0 Å². The van der Waals surface area contributed by atoms with Crippen molar-refractivity contribution in [2.75, 3.05) is 28.6 Å². The first kappa shape index (κ1) is 21.5. The highest BCUT2D eigenvalue weighted by Gasteiger charge is 2.38. The molecule has 4 nitrogen and oxygen atoms in total. The van der Waals surface area contributed by atoms with E-state index >= 15 is 0 Å². The summed E-state index contributed by atoms with van der Waals surface area (Å²) in [4.78, 5) is 14.6. The predicted octanol–water partition coefficient (Wildman–Crippen LogP) is 6.34. The molecular weight excluding hydrogens is 382 g/mol. The van der Waals surface area contributed by atoms with Gasteiger partial charge in [-0.25, -0.2) is 0 Å². The average molecular weight is 418 g/mol. The zero-order valence-corrected chi connectivity index (χ0v) is 19.2. The van der Waals surface area contributed by atoms with Crippen LogP contribution in [0.25, 0.3) is 0 Å². The lowest BCUT2D eigenvalue weighted by molar-refractivity contribution is -0.116. The molecule has 31 heavy (non-hydrogen) atoms. The first-order chi connectivity index (χ1) is 15.0. The van der Waals surface area contributed by atoms with Gasteiger partial charge in [-0.05, 0) is 73.6 Å². The number of amides is 1. The van der Waals surface area contributed by atoms with E-state index in [-0.39, 0.29) is 5.91 Å². The highest BCUT2D eigenvalue weighted by molar-refractivity contribution is 5.91. The molecule has 164 valence electrons. The minimum Gasteiger partial charge on any atom is -0.378 e. The maximum absolute atomic E-state index is 12.2. The summed E-state index contributed by atoms with van der Waals surface area (Å²) in [6, 6.07) is 15.7. The van der Waals surface area contributed by atoms with Gasteiger partial charge >= 0.3 is 0 Å². The lowest BCUT2D eigenvalue weighted by Crippen LogP contribution is -2.29. The lowest BCUT2D eigenvalue weighted by Gasteiger charge is -2.38. The molecule has 0 bridgehead atoms. The van der Waals surface area contributed by atoms with Gasteiger partial charge in [-0.3, -0.25) is 4.79 Å². The van der Waals surface area contributed by atoms with Gasteiger partial charge in [-0.15, -0.1) is 0 Å². The number of benzene rings is 2. The molecule has 1 aliphatic carbocycles. The number of nitrogens with one attached hydrogen (secondary N) is 2. The number of nitrogens with zero attached hydrogens (tertiary/aromatic N) is 1. The van der Waals surface area contributed by atoms with E-state index in [2.05, 4.69) is 91.8 Å². The molecule has 0 saturated carbocycles. The van der Waals surface area contributed by atoms with Gasteiger partial charge in [0.05, 0.1) is 6.04 Å². The molecule has 0 aromatic heterocycles. The van der Waals surface area contributed by atoms with Gasteiger partial charge in [0.1, 0.15) is 0 Å². The molecule has 1 heterocycles. The highest BCUT2D eigenvalue weighted by Crippen LogP contribution is 2.50. The minimum absolute atomic E-state index is 0.0865. The van der Waals surface area contributed by atoms with Gasteiger partial charge in [-0.1, -0.05) is 38.1 Å². The molecule has 1 aliphatic heterocycles. The predicted molar refractivity (Wildman–Crippen MR) is 131 cm³/mol. The molecule has 0 saturated heterocycles. The van der Waals surface area contributed by atoms with Gasteiger partial charge in [0, 0.05) is 42.5 Å². The monoisotopic (exact) mass is 417 g/mol. The number of fused-ring (bicyclic) bond motifs is 3. The second-order valence-corrected chi connectivity index (χ2v) is 9.19. The average Bonchev–Trinajstić information content (AvgIpc) is 3.24. The van der Waals surface area contributed by atoms with E-state index in [4.69, 9.17) is 0 Å². The topological polar surface area (TPSA) is 44.4 Å². The quantitative estimate of drug-likeness (QED) is 0.516. The number of rotatable bonds is 7. The summed E-state index contributed by atoms with van der Waals surface area (Å²) in [6.45, 7) is 10.6. The van der Waals surface area contributed by atoms with Gasteiger partial charge in [0.2, 0.25) is 5.91 Å². The Hall–Kier alpha value is -2.75. The molecule has 2 aromatic rings. The van der Waals surface area contributed by atoms with Crippen LogP contribution < -0.4 is 15.5 Å². The summed E-state index contributed by atoms with van der Waals surface area (Å²) in [5.41, 5.74) is 5.99. The third-order valence-electron chi connectivity index (χ3n) is 6.62. The number of hydrogen-bond acceptors (Lipinski definition) is 3. The molecular formula is C27H35N3O. The molecule has 0 radical (unpaired) electrons. The Kier molecular flexibility index (Phi) is 6.35. The number of allylic oxidation sites excluding steroid dienone is 2. The van der Waals surface area contributed by atoms with Crippen molar-refractivity contribution in [2.45, 2.75) is 52.5 Å². The van der Waals surface area contributed by atoms with Gasteiger partial charge in [0.25, 0.3) is 0 Å². The zero-order valence-electron chi connectivity index (χ0n) is 19.2. The van der Waals surface area contributed by atoms with E-state index in [9.17, 15) is 4.79 Å². The first-order valence-electron chi connectivity index (χ1n) is 11.7. The molecule has 2 aromatic carbocycles. The summed E-state index contributed by atoms with van der Waals surface area (Å²) < 4.78 is 0. The van der Waals surface area contributed by atoms with Gasteiger partial charge in [-0.2, -0.15) is 0 Å². The third kappa shape index (κ3) is 4.48. The van der Waals surface area contributed by atoms with Crippen LogP contribution >= 0.6 is 0 Å². The molecule has 4 rings (SSSR count). The minimum atomic E-state index is 0.0865. The Bertz CT molecular complexity index is 943. The smallest absolute Gasteiger partial charge is 0.224 e. The normalized spacial score (nSPS) is 21.4. The maximum atomic E-state index is 12.2. The maximum Gasteiger partial charge on any atom is 0.224 e. The number of anilines is 3. The van der Waals surface area contributed by atoms with Crippen molar-refractivity contribution in [3.05, 3.63) is 65.7 Å². The number of carbonyl (C=O) groups excluding carboxylic acids is 1. The fourth-order valence-electron chi connectivity index (χ4n) is 5.07. The number of carbonyl (C=O) groups is 1. The van der Waals surface area contributed by atoms with Crippen LogP contribution in [0, 0.1) is 11.8 Å². The van der Waals surface area contributed by atoms with Crippen molar-refractivity contribution >= 4 is 23.0 Å². The van der Waals surface area contributed by atoms with Crippen LogP contribution in [-0.4, -0.2) is 19.0 Å². The Labute approximate surface area is 186 Å². The number of hydrogen-bond donors (Lipinski definition) is 2. The molecule has 0 fully saturated rings. The Morgan fingerprint density at radius 1 is 1.13 bits per heavy atom. The van der Waals surface area contributed by atoms with Crippen LogP contribution in [0.15, 0.2) is 54.6 Å². The fraction of sp³-hybridized carbons (Fsp3) is 0.444. The SMILES string of the molecule is CCN(CC)c1ccc(C2Nc3ccc(NC(=O)CC(C)C)cc3C3C=CCC32)cc1.